The number of hydrogen-bond donors (Lipinski definition) is 0. The lowest BCUT2D eigenvalue weighted by Gasteiger charge is -2.31. The predicted octanol–water partition coefficient (Wildman–Crippen LogP) is 3.64. The van der Waals surface area contributed by atoms with Gasteiger partial charge in [-0.05, 0) is 45.7 Å². The van der Waals surface area contributed by atoms with Gasteiger partial charge in [-0.15, -0.1) is 0 Å². The van der Waals surface area contributed by atoms with Crippen molar-refractivity contribution < 1.29 is 0 Å². The Hall–Kier alpha value is -1.33. The Balaban J connectivity index is 2.34. The lowest BCUT2D eigenvalue weighted by Crippen LogP contribution is -2.39. The first-order valence-electron chi connectivity index (χ1n) is 7.04. The molecule has 0 amide bonds. The van der Waals surface area contributed by atoms with Crippen LogP contribution in [-0.2, 0) is 0 Å². The van der Waals surface area contributed by atoms with Crippen LogP contribution in [0.3, 0.4) is 0 Å². The number of hydrogen-bond acceptors (Lipinski definition) is 2. The lowest BCUT2D eigenvalue weighted by atomic mass is 9.86. The van der Waals surface area contributed by atoms with Crippen molar-refractivity contribution in [3.8, 4) is 6.07 Å². The van der Waals surface area contributed by atoms with Gasteiger partial charge in [-0.1, -0.05) is 23.8 Å². The molecule has 0 N–H and O–H groups in total. The second-order valence-electron chi connectivity index (χ2n) is 6.78. The Morgan fingerprint density at radius 2 is 1.89 bits per heavy atom. The van der Waals surface area contributed by atoms with E-state index >= 15 is 0 Å². The largest absolute Gasteiger partial charge is 0.297 e. The van der Waals surface area contributed by atoms with E-state index in [1.54, 1.807) is 0 Å². The first-order valence-corrected chi connectivity index (χ1v) is 7.04. The number of nitrogens with zero attached hydrogens (tertiary/aromatic N) is 2. The quantitative estimate of drug-likeness (QED) is 0.767. The van der Waals surface area contributed by atoms with Crippen molar-refractivity contribution in [2.24, 2.45) is 5.92 Å². The Kier molecular flexibility index (Phi) is 3.69. The Morgan fingerprint density at radius 3 is 2.47 bits per heavy atom. The second kappa shape index (κ2) is 4.98. The molecule has 1 aromatic carbocycles. The lowest BCUT2D eigenvalue weighted by molar-refractivity contribution is 0.170. The standard InChI is InChI=1S/C17H24N2/c1-12-6-7-13(2)15(8-12)16-11-19(17(3,4)5)10-14(16)9-18/h6-8,14,16H,10-11H2,1-5H3/t14-,16-/m1/s1. The predicted molar refractivity (Wildman–Crippen MR) is 79.1 cm³/mol. The monoisotopic (exact) mass is 256 g/mol. The average molecular weight is 256 g/mol. The molecule has 0 saturated carbocycles. The second-order valence-corrected chi connectivity index (χ2v) is 6.78. The summed E-state index contributed by atoms with van der Waals surface area (Å²) < 4.78 is 0. The summed E-state index contributed by atoms with van der Waals surface area (Å²) in [5.41, 5.74) is 4.10. The average Bonchev–Trinajstić information content (AvgIpc) is 2.76. The van der Waals surface area contributed by atoms with Gasteiger partial charge < -0.3 is 0 Å². The molecule has 102 valence electrons. The third-order valence-corrected chi connectivity index (χ3v) is 4.27. The topological polar surface area (TPSA) is 27.0 Å². The van der Waals surface area contributed by atoms with Gasteiger partial charge >= 0.3 is 0 Å². The van der Waals surface area contributed by atoms with Crippen LogP contribution in [0.5, 0.6) is 0 Å². The first-order chi connectivity index (χ1) is 8.82. The summed E-state index contributed by atoms with van der Waals surface area (Å²) in [4.78, 5) is 2.44. The van der Waals surface area contributed by atoms with Gasteiger partial charge in [0.2, 0.25) is 0 Å². The van der Waals surface area contributed by atoms with Crippen molar-refractivity contribution in [3.05, 3.63) is 34.9 Å². The van der Waals surface area contributed by atoms with Crippen LogP contribution in [0.1, 0.15) is 43.4 Å². The normalized spacial score (nSPS) is 24.4. The van der Waals surface area contributed by atoms with E-state index in [-0.39, 0.29) is 11.5 Å². The molecule has 2 atom stereocenters. The molecule has 2 heteroatoms. The molecule has 0 radical (unpaired) electrons. The number of nitriles is 1. The van der Waals surface area contributed by atoms with E-state index in [0.29, 0.717) is 5.92 Å². The van der Waals surface area contributed by atoms with Gasteiger partial charge in [-0.25, -0.2) is 0 Å². The number of benzene rings is 1. The van der Waals surface area contributed by atoms with Gasteiger partial charge in [-0.3, -0.25) is 4.90 Å². The summed E-state index contributed by atoms with van der Waals surface area (Å²) in [7, 11) is 0. The molecule has 1 heterocycles. The molecule has 1 aliphatic heterocycles. The summed E-state index contributed by atoms with van der Waals surface area (Å²) in [6.45, 7) is 12.8. The fourth-order valence-electron chi connectivity index (χ4n) is 2.96. The van der Waals surface area contributed by atoms with Crippen molar-refractivity contribution in [2.75, 3.05) is 13.1 Å². The highest BCUT2D eigenvalue weighted by atomic mass is 15.2. The van der Waals surface area contributed by atoms with Crippen molar-refractivity contribution in [1.29, 1.82) is 5.26 Å². The first kappa shape index (κ1) is 14.1. The van der Waals surface area contributed by atoms with E-state index in [1.807, 2.05) is 0 Å². The van der Waals surface area contributed by atoms with Gasteiger partial charge in [-0.2, -0.15) is 5.26 Å². The molecule has 1 saturated heterocycles. The van der Waals surface area contributed by atoms with Crippen molar-refractivity contribution in [3.63, 3.8) is 0 Å². The van der Waals surface area contributed by atoms with Crippen LogP contribution in [-0.4, -0.2) is 23.5 Å². The van der Waals surface area contributed by atoms with Crippen LogP contribution in [0.15, 0.2) is 18.2 Å². The van der Waals surface area contributed by atoms with Crippen LogP contribution in [0.25, 0.3) is 0 Å². The highest BCUT2D eigenvalue weighted by Crippen LogP contribution is 2.37. The van der Waals surface area contributed by atoms with Crippen molar-refractivity contribution >= 4 is 0 Å². The van der Waals surface area contributed by atoms with E-state index in [1.165, 1.54) is 16.7 Å². The molecule has 0 bridgehead atoms. The highest BCUT2D eigenvalue weighted by molar-refractivity contribution is 5.36. The molecule has 0 spiro atoms. The van der Waals surface area contributed by atoms with E-state index in [9.17, 15) is 5.26 Å². The van der Waals surface area contributed by atoms with Crippen LogP contribution >= 0.6 is 0 Å². The number of likely N-dealkylation sites (tertiary alicyclic amines) is 1. The minimum Gasteiger partial charge on any atom is -0.297 e. The number of aryl methyl sites for hydroxylation is 2. The van der Waals surface area contributed by atoms with E-state index in [4.69, 9.17) is 0 Å². The Bertz CT molecular complexity index is 505. The molecule has 0 unspecified atom stereocenters. The maximum atomic E-state index is 9.46. The fraction of sp³-hybridized carbons (Fsp3) is 0.588. The summed E-state index contributed by atoms with van der Waals surface area (Å²) >= 11 is 0. The van der Waals surface area contributed by atoms with Crippen LogP contribution in [0.4, 0.5) is 0 Å². The van der Waals surface area contributed by atoms with Crippen LogP contribution in [0.2, 0.25) is 0 Å². The maximum Gasteiger partial charge on any atom is 0.0676 e. The molecule has 1 aromatic rings. The summed E-state index contributed by atoms with van der Waals surface area (Å²) in [5.74, 6) is 0.462. The molecule has 0 aromatic heterocycles. The van der Waals surface area contributed by atoms with E-state index in [0.717, 1.165) is 13.1 Å². The molecule has 2 rings (SSSR count). The van der Waals surface area contributed by atoms with Crippen molar-refractivity contribution in [2.45, 2.75) is 46.1 Å². The smallest absolute Gasteiger partial charge is 0.0676 e. The zero-order valence-electron chi connectivity index (χ0n) is 12.7. The van der Waals surface area contributed by atoms with Crippen LogP contribution < -0.4 is 0 Å². The van der Waals surface area contributed by atoms with Gasteiger partial charge in [0.05, 0.1) is 12.0 Å². The van der Waals surface area contributed by atoms with Crippen LogP contribution in [0, 0.1) is 31.1 Å². The third-order valence-electron chi connectivity index (χ3n) is 4.27. The zero-order valence-corrected chi connectivity index (χ0v) is 12.7. The fourth-order valence-corrected chi connectivity index (χ4v) is 2.96. The van der Waals surface area contributed by atoms with Gasteiger partial charge in [0.15, 0.2) is 0 Å². The highest BCUT2D eigenvalue weighted by Gasteiger charge is 2.38. The number of rotatable bonds is 1. The Labute approximate surface area is 117 Å². The molecule has 1 aliphatic rings. The minimum absolute atomic E-state index is 0.111. The third kappa shape index (κ3) is 2.82. The summed E-state index contributed by atoms with van der Waals surface area (Å²) in [6.07, 6.45) is 0. The zero-order chi connectivity index (χ0) is 14.2. The SMILES string of the molecule is Cc1ccc(C)c([C@@H]2CN(C(C)(C)C)C[C@H]2C#N)c1. The molecule has 2 nitrogen and oxygen atoms in total. The molecular weight excluding hydrogens is 232 g/mol. The molecule has 1 fully saturated rings. The molecule has 0 aliphatic carbocycles. The Morgan fingerprint density at radius 1 is 1.21 bits per heavy atom. The van der Waals surface area contributed by atoms with E-state index in [2.05, 4.69) is 63.8 Å². The van der Waals surface area contributed by atoms with Gasteiger partial charge in [0.25, 0.3) is 0 Å². The van der Waals surface area contributed by atoms with Crippen molar-refractivity contribution in [1.82, 2.24) is 4.90 Å². The van der Waals surface area contributed by atoms with Gasteiger partial charge in [0.1, 0.15) is 0 Å². The van der Waals surface area contributed by atoms with E-state index < -0.39 is 0 Å². The molecule has 19 heavy (non-hydrogen) atoms. The summed E-state index contributed by atoms with van der Waals surface area (Å²) in [5, 5.41) is 9.46. The summed E-state index contributed by atoms with van der Waals surface area (Å²) in [6, 6.07) is 9.11. The minimum atomic E-state index is 0.111. The maximum absolute atomic E-state index is 9.46. The molecular formula is C17H24N2. The van der Waals surface area contributed by atoms with Gasteiger partial charge in [0, 0.05) is 24.5 Å².